The highest BCUT2D eigenvalue weighted by Crippen LogP contribution is 2.38. The van der Waals surface area contributed by atoms with Crippen LogP contribution in [0.15, 0.2) is 0 Å². The van der Waals surface area contributed by atoms with Gasteiger partial charge in [-0.05, 0) is 27.7 Å². The fraction of sp³-hybridized carbons (Fsp3) is 0.833. The molecule has 18 heavy (non-hydrogen) atoms. The molecule has 0 unspecified atom stereocenters. The van der Waals surface area contributed by atoms with Crippen LogP contribution in [0.25, 0.3) is 0 Å². The maximum atomic E-state index is 11.7. The van der Waals surface area contributed by atoms with Crippen molar-refractivity contribution >= 4 is 33.4 Å². The van der Waals surface area contributed by atoms with Crippen LogP contribution < -0.4 is 10.6 Å². The van der Waals surface area contributed by atoms with Crippen LogP contribution in [-0.2, 0) is 9.59 Å². The average Bonchev–Trinajstić information content (AvgIpc) is 2.21. The van der Waals surface area contributed by atoms with Gasteiger partial charge in [0.05, 0.1) is 0 Å². The number of carbonyl (C=O) groups is 2. The van der Waals surface area contributed by atoms with Gasteiger partial charge in [-0.15, -0.1) is 0 Å². The molecule has 0 saturated heterocycles. The topological polar surface area (TPSA) is 58.2 Å². The molecule has 2 amide bonds. The van der Waals surface area contributed by atoms with E-state index in [2.05, 4.69) is 10.6 Å². The van der Waals surface area contributed by atoms with Gasteiger partial charge in [0.15, 0.2) is 0 Å². The van der Waals surface area contributed by atoms with E-state index in [1.165, 1.54) is 0 Å². The molecule has 0 aromatic rings. The van der Waals surface area contributed by atoms with Crippen LogP contribution in [0, 0.1) is 0 Å². The Kier molecular flexibility index (Phi) is 8.52. The van der Waals surface area contributed by atoms with E-state index in [4.69, 9.17) is 0 Å². The number of hydrogen-bond acceptors (Lipinski definition) is 4. The van der Waals surface area contributed by atoms with Crippen LogP contribution in [0.1, 0.15) is 40.5 Å². The second-order valence-corrected chi connectivity index (χ2v) is 8.11. The Morgan fingerprint density at radius 3 is 2.33 bits per heavy atom. The lowest BCUT2D eigenvalue weighted by Crippen LogP contribution is -2.34. The maximum Gasteiger partial charge on any atom is 0.221 e. The molecule has 0 fully saturated rings. The van der Waals surface area contributed by atoms with Gasteiger partial charge in [-0.3, -0.25) is 9.59 Å². The van der Waals surface area contributed by atoms with Gasteiger partial charge in [0.25, 0.3) is 0 Å². The molecule has 0 spiro atoms. The predicted molar refractivity (Wildman–Crippen MR) is 80.7 cm³/mol. The summed E-state index contributed by atoms with van der Waals surface area (Å²) in [7, 11) is 4.94. The van der Waals surface area contributed by atoms with E-state index >= 15 is 0 Å². The molecule has 0 aliphatic carbocycles. The predicted octanol–water partition coefficient (Wildman–Crippen LogP) is 2.20. The van der Waals surface area contributed by atoms with Crippen molar-refractivity contribution < 1.29 is 9.59 Å². The molecule has 0 aliphatic heterocycles. The monoisotopic (exact) mass is 292 g/mol. The lowest BCUT2D eigenvalue weighted by molar-refractivity contribution is -0.122. The van der Waals surface area contributed by atoms with Crippen molar-refractivity contribution in [1.29, 1.82) is 0 Å². The summed E-state index contributed by atoms with van der Waals surface area (Å²) in [5.41, 5.74) is 0. The average molecular weight is 292 g/mol. The lowest BCUT2D eigenvalue weighted by Gasteiger charge is -2.23. The third-order valence-electron chi connectivity index (χ3n) is 2.01. The Morgan fingerprint density at radius 1 is 1.22 bits per heavy atom. The van der Waals surface area contributed by atoms with Gasteiger partial charge in [0.2, 0.25) is 11.8 Å². The zero-order valence-electron chi connectivity index (χ0n) is 11.8. The summed E-state index contributed by atoms with van der Waals surface area (Å²) in [6, 6.07) is 0.180. The number of rotatable bonds is 8. The van der Waals surface area contributed by atoms with Crippen molar-refractivity contribution in [3.63, 3.8) is 0 Å². The first-order valence-electron chi connectivity index (χ1n) is 6.07. The Morgan fingerprint density at radius 2 is 1.83 bits per heavy atom. The Hall–Kier alpha value is -0.360. The Bertz CT molecular complexity index is 281. The van der Waals surface area contributed by atoms with Gasteiger partial charge < -0.3 is 10.6 Å². The molecule has 106 valence electrons. The van der Waals surface area contributed by atoms with Crippen molar-refractivity contribution in [2.24, 2.45) is 0 Å². The number of carbonyl (C=O) groups excluding carboxylic acids is 2. The zero-order valence-corrected chi connectivity index (χ0v) is 13.5. The van der Waals surface area contributed by atoms with Crippen molar-refractivity contribution in [2.75, 3.05) is 12.8 Å². The Balaban J connectivity index is 3.86. The molecule has 0 aromatic heterocycles. The normalized spacial score (nSPS) is 11.4. The van der Waals surface area contributed by atoms with E-state index in [-0.39, 0.29) is 22.6 Å². The van der Waals surface area contributed by atoms with Gasteiger partial charge in [-0.2, -0.15) is 0 Å². The third-order valence-corrected chi connectivity index (χ3v) is 5.30. The van der Waals surface area contributed by atoms with Gasteiger partial charge in [0, 0.05) is 36.4 Å². The molecule has 0 aliphatic rings. The molecule has 0 saturated carbocycles. The quantitative estimate of drug-likeness (QED) is 0.532. The number of nitrogens with one attached hydrogen (secondary N) is 2. The largest absolute Gasteiger partial charge is 0.359 e. The molecular weight excluding hydrogens is 268 g/mol. The van der Waals surface area contributed by atoms with E-state index in [9.17, 15) is 9.59 Å². The van der Waals surface area contributed by atoms with E-state index < -0.39 is 0 Å². The van der Waals surface area contributed by atoms with Crippen LogP contribution in [0.2, 0.25) is 0 Å². The first-order valence-corrected chi connectivity index (χ1v) is 8.39. The maximum absolute atomic E-state index is 11.7. The van der Waals surface area contributed by atoms with E-state index in [1.807, 2.05) is 27.7 Å². The van der Waals surface area contributed by atoms with Crippen LogP contribution in [-0.4, -0.2) is 35.4 Å². The second-order valence-electron chi connectivity index (χ2n) is 4.99. The minimum Gasteiger partial charge on any atom is -0.359 e. The van der Waals surface area contributed by atoms with Gasteiger partial charge in [-0.1, -0.05) is 21.6 Å². The molecule has 0 bridgehead atoms. The molecule has 6 heteroatoms. The molecule has 0 atom stereocenters. The molecular formula is C12H24N2O2S2. The molecule has 0 rings (SSSR count). The Labute approximate surface area is 118 Å². The molecule has 2 N–H and O–H groups in total. The fourth-order valence-corrected chi connectivity index (χ4v) is 3.74. The highest BCUT2D eigenvalue weighted by Gasteiger charge is 2.23. The van der Waals surface area contributed by atoms with Crippen molar-refractivity contribution in [1.82, 2.24) is 10.6 Å². The number of amides is 2. The highest BCUT2D eigenvalue weighted by molar-refractivity contribution is 8.77. The summed E-state index contributed by atoms with van der Waals surface area (Å²) in [5, 5.41) is 5.48. The van der Waals surface area contributed by atoms with Crippen molar-refractivity contribution in [2.45, 2.75) is 51.3 Å². The number of hydrogen-bond donors (Lipinski definition) is 2. The third kappa shape index (κ3) is 9.65. The molecule has 0 radical (unpaired) electrons. The van der Waals surface area contributed by atoms with E-state index in [0.29, 0.717) is 12.8 Å². The summed E-state index contributed by atoms with van der Waals surface area (Å²) in [5.74, 6) is 0.896. The van der Waals surface area contributed by atoms with Gasteiger partial charge in [0.1, 0.15) is 0 Å². The van der Waals surface area contributed by atoms with Crippen molar-refractivity contribution in [3.05, 3.63) is 0 Å². The van der Waals surface area contributed by atoms with Crippen LogP contribution in [0.3, 0.4) is 0 Å². The van der Waals surface area contributed by atoms with Crippen LogP contribution in [0.4, 0.5) is 0 Å². The summed E-state index contributed by atoms with van der Waals surface area (Å²) >= 11 is 0. The second kappa shape index (κ2) is 8.69. The van der Waals surface area contributed by atoms with Crippen LogP contribution >= 0.6 is 21.6 Å². The summed E-state index contributed by atoms with van der Waals surface area (Å²) in [6.07, 6.45) is 1.01. The zero-order chi connectivity index (χ0) is 14.2. The summed E-state index contributed by atoms with van der Waals surface area (Å²) in [6.45, 7) is 8.00. The summed E-state index contributed by atoms with van der Waals surface area (Å²) < 4.78 is -0.119. The molecule has 0 heterocycles. The van der Waals surface area contributed by atoms with Gasteiger partial charge >= 0.3 is 0 Å². The highest BCUT2D eigenvalue weighted by atomic mass is 33.1. The minimum absolute atomic E-state index is 0.0541. The van der Waals surface area contributed by atoms with Crippen molar-refractivity contribution in [3.8, 4) is 0 Å². The molecule has 0 aromatic carbocycles. The fourth-order valence-electron chi connectivity index (χ4n) is 1.25. The first-order chi connectivity index (χ1) is 8.26. The smallest absolute Gasteiger partial charge is 0.221 e. The first kappa shape index (κ1) is 17.6. The lowest BCUT2D eigenvalue weighted by atomic mass is 10.1. The summed E-state index contributed by atoms with van der Waals surface area (Å²) in [4.78, 5) is 22.7. The molecule has 4 nitrogen and oxygen atoms in total. The van der Waals surface area contributed by atoms with Crippen LogP contribution in [0.5, 0.6) is 0 Å². The standard InChI is InChI=1S/C12H24N2O2S2/c1-9(2)14-11(16)8-12(3,4)18-17-7-6-10(15)13-5/h9H,6-8H2,1-5H3,(H,13,15)(H,14,16). The SMILES string of the molecule is CNC(=O)CCSSC(C)(C)CC(=O)NC(C)C. The van der Waals surface area contributed by atoms with Gasteiger partial charge in [-0.25, -0.2) is 0 Å². The van der Waals surface area contributed by atoms with E-state index in [1.54, 1.807) is 28.6 Å². The minimum atomic E-state index is -0.119. The van der Waals surface area contributed by atoms with E-state index in [0.717, 1.165) is 5.75 Å².